The summed E-state index contributed by atoms with van der Waals surface area (Å²) in [5, 5.41) is 0. The molecule has 0 radical (unpaired) electrons. The molecule has 0 fully saturated rings. The number of nitrogens with zero attached hydrogens (tertiary/aromatic N) is 1. The summed E-state index contributed by atoms with van der Waals surface area (Å²) in [5.74, 6) is 0.653. The number of benzene rings is 1. The SMILES string of the molecule is CC(C)c1ccc2c(c1)CCN(C)C2. The summed E-state index contributed by atoms with van der Waals surface area (Å²) in [5.41, 5.74) is 4.56. The molecule has 1 aliphatic rings. The number of fused-ring (bicyclic) bond motifs is 1. The summed E-state index contributed by atoms with van der Waals surface area (Å²) in [7, 11) is 2.19. The van der Waals surface area contributed by atoms with Gasteiger partial charge in [0.05, 0.1) is 0 Å². The molecule has 0 bridgehead atoms. The van der Waals surface area contributed by atoms with Crippen LogP contribution in [0, 0.1) is 0 Å². The fourth-order valence-electron chi connectivity index (χ4n) is 2.07. The third kappa shape index (κ3) is 1.83. The smallest absolute Gasteiger partial charge is 0.0233 e. The largest absolute Gasteiger partial charge is 0.302 e. The summed E-state index contributed by atoms with van der Waals surface area (Å²) < 4.78 is 0. The van der Waals surface area contributed by atoms with Gasteiger partial charge in [0.15, 0.2) is 0 Å². The van der Waals surface area contributed by atoms with Crippen molar-refractivity contribution in [3.63, 3.8) is 0 Å². The number of rotatable bonds is 1. The molecule has 14 heavy (non-hydrogen) atoms. The van der Waals surface area contributed by atoms with Crippen LogP contribution in [0.1, 0.15) is 36.5 Å². The molecule has 0 saturated heterocycles. The molecule has 1 heteroatoms. The fourth-order valence-corrected chi connectivity index (χ4v) is 2.07. The topological polar surface area (TPSA) is 3.24 Å². The highest BCUT2D eigenvalue weighted by molar-refractivity contribution is 5.35. The molecule has 2 rings (SSSR count). The van der Waals surface area contributed by atoms with E-state index >= 15 is 0 Å². The van der Waals surface area contributed by atoms with Gasteiger partial charge in [0, 0.05) is 13.1 Å². The normalized spacial score (nSPS) is 17.1. The lowest BCUT2D eigenvalue weighted by atomic mass is 9.93. The highest BCUT2D eigenvalue weighted by Gasteiger charge is 2.13. The van der Waals surface area contributed by atoms with Crippen molar-refractivity contribution in [2.75, 3.05) is 13.6 Å². The van der Waals surface area contributed by atoms with Crippen LogP contribution in [0.15, 0.2) is 18.2 Å². The molecule has 0 amide bonds. The highest BCUT2D eigenvalue weighted by atomic mass is 15.1. The first-order valence-electron chi connectivity index (χ1n) is 5.47. The van der Waals surface area contributed by atoms with Crippen LogP contribution in [0.3, 0.4) is 0 Å². The van der Waals surface area contributed by atoms with Crippen LogP contribution >= 0.6 is 0 Å². The Morgan fingerprint density at radius 3 is 2.71 bits per heavy atom. The summed E-state index contributed by atoms with van der Waals surface area (Å²) >= 11 is 0. The van der Waals surface area contributed by atoms with Crippen LogP contribution in [0.5, 0.6) is 0 Å². The molecule has 76 valence electrons. The van der Waals surface area contributed by atoms with E-state index in [1.165, 1.54) is 24.1 Å². The highest BCUT2D eigenvalue weighted by Crippen LogP contribution is 2.23. The third-order valence-corrected chi connectivity index (χ3v) is 3.10. The van der Waals surface area contributed by atoms with E-state index < -0.39 is 0 Å². The van der Waals surface area contributed by atoms with E-state index in [1.54, 1.807) is 5.56 Å². The summed E-state index contributed by atoms with van der Waals surface area (Å²) in [6.45, 7) is 6.84. The number of likely N-dealkylation sites (N-methyl/N-ethyl adjacent to an activating group) is 1. The van der Waals surface area contributed by atoms with Crippen molar-refractivity contribution < 1.29 is 0 Å². The second kappa shape index (κ2) is 3.74. The Morgan fingerprint density at radius 1 is 1.21 bits per heavy atom. The molecule has 1 heterocycles. The van der Waals surface area contributed by atoms with E-state index in [1.807, 2.05) is 0 Å². The van der Waals surface area contributed by atoms with Gasteiger partial charge in [-0.1, -0.05) is 32.0 Å². The first-order valence-corrected chi connectivity index (χ1v) is 5.47. The molecule has 1 nitrogen and oxygen atoms in total. The van der Waals surface area contributed by atoms with Gasteiger partial charge in [-0.15, -0.1) is 0 Å². The monoisotopic (exact) mass is 189 g/mol. The van der Waals surface area contributed by atoms with Crippen molar-refractivity contribution in [3.05, 3.63) is 34.9 Å². The van der Waals surface area contributed by atoms with Crippen molar-refractivity contribution in [2.24, 2.45) is 0 Å². The van der Waals surface area contributed by atoms with E-state index in [4.69, 9.17) is 0 Å². The first kappa shape index (κ1) is 9.72. The molecular weight excluding hydrogens is 170 g/mol. The standard InChI is InChI=1S/C13H19N/c1-10(2)11-4-5-13-9-14(3)7-6-12(13)8-11/h4-5,8,10H,6-7,9H2,1-3H3. The first-order chi connectivity index (χ1) is 6.66. The zero-order chi connectivity index (χ0) is 10.1. The Morgan fingerprint density at radius 2 is 2.00 bits per heavy atom. The lowest BCUT2D eigenvalue weighted by Crippen LogP contribution is -2.26. The molecular formula is C13H19N. The lowest BCUT2D eigenvalue weighted by Gasteiger charge is -2.25. The van der Waals surface area contributed by atoms with Crippen LogP contribution in [-0.2, 0) is 13.0 Å². The summed E-state index contributed by atoms with van der Waals surface area (Å²) in [4.78, 5) is 2.39. The van der Waals surface area contributed by atoms with Gasteiger partial charge in [-0.3, -0.25) is 0 Å². The van der Waals surface area contributed by atoms with Crippen LogP contribution in [0.25, 0.3) is 0 Å². The summed E-state index contributed by atoms with van der Waals surface area (Å²) in [6.07, 6.45) is 1.21. The zero-order valence-electron chi connectivity index (χ0n) is 9.38. The average Bonchev–Trinajstić information content (AvgIpc) is 2.16. The molecule has 0 N–H and O–H groups in total. The minimum atomic E-state index is 0.653. The molecule has 1 aliphatic heterocycles. The Bertz CT molecular complexity index is 328. The molecule has 0 unspecified atom stereocenters. The van der Waals surface area contributed by atoms with Gasteiger partial charge in [-0.2, -0.15) is 0 Å². The number of hydrogen-bond acceptors (Lipinski definition) is 1. The van der Waals surface area contributed by atoms with Gasteiger partial charge in [0.25, 0.3) is 0 Å². The third-order valence-electron chi connectivity index (χ3n) is 3.10. The van der Waals surface area contributed by atoms with Crippen LogP contribution in [0.4, 0.5) is 0 Å². The second-order valence-electron chi connectivity index (χ2n) is 4.67. The van der Waals surface area contributed by atoms with E-state index in [0.717, 1.165) is 6.54 Å². The van der Waals surface area contributed by atoms with Gasteiger partial charge in [0.2, 0.25) is 0 Å². The number of hydrogen-bond donors (Lipinski definition) is 0. The second-order valence-corrected chi connectivity index (χ2v) is 4.67. The Hall–Kier alpha value is -0.820. The average molecular weight is 189 g/mol. The molecule has 1 aromatic rings. The van der Waals surface area contributed by atoms with E-state index in [-0.39, 0.29) is 0 Å². The predicted molar refractivity (Wildman–Crippen MR) is 60.6 cm³/mol. The molecule has 0 spiro atoms. The quantitative estimate of drug-likeness (QED) is 0.656. The summed E-state index contributed by atoms with van der Waals surface area (Å²) in [6, 6.07) is 6.98. The minimum Gasteiger partial charge on any atom is -0.302 e. The van der Waals surface area contributed by atoms with Crippen molar-refractivity contribution in [2.45, 2.75) is 32.7 Å². The Labute approximate surface area is 86.7 Å². The zero-order valence-corrected chi connectivity index (χ0v) is 9.38. The van der Waals surface area contributed by atoms with E-state index in [9.17, 15) is 0 Å². The maximum atomic E-state index is 2.40. The lowest BCUT2D eigenvalue weighted by molar-refractivity contribution is 0.313. The minimum absolute atomic E-state index is 0.653. The van der Waals surface area contributed by atoms with Gasteiger partial charge < -0.3 is 4.90 Å². The van der Waals surface area contributed by atoms with E-state index in [2.05, 4.69) is 44.0 Å². The van der Waals surface area contributed by atoms with Crippen molar-refractivity contribution in [1.82, 2.24) is 4.90 Å². The maximum Gasteiger partial charge on any atom is 0.0233 e. The van der Waals surface area contributed by atoms with Gasteiger partial charge >= 0.3 is 0 Å². The molecule has 0 atom stereocenters. The molecule has 0 aliphatic carbocycles. The van der Waals surface area contributed by atoms with Gasteiger partial charge in [0.1, 0.15) is 0 Å². The van der Waals surface area contributed by atoms with Crippen molar-refractivity contribution >= 4 is 0 Å². The van der Waals surface area contributed by atoms with E-state index in [0.29, 0.717) is 5.92 Å². The predicted octanol–water partition coefficient (Wildman–Crippen LogP) is 2.80. The van der Waals surface area contributed by atoms with Crippen molar-refractivity contribution in [3.8, 4) is 0 Å². The van der Waals surface area contributed by atoms with Gasteiger partial charge in [-0.25, -0.2) is 0 Å². The molecule has 1 aromatic carbocycles. The van der Waals surface area contributed by atoms with Crippen LogP contribution < -0.4 is 0 Å². The Kier molecular flexibility index (Phi) is 2.60. The molecule has 0 saturated carbocycles. The van der Waals surface area contributed by atoms with Crippen LogP contribution in [0.2, 0.25) is 0 Å². The van der Waals surface area contributed by atoms with Gasteiger partial charge in [-0.05, 0) is 36.1 Å². The maximum absolute atomic E-state index is 2.40. The Balaban J connectivity index is 2.31. The fraction of sp³-hybridized carbons (Fsp3) is 0.538. The molecule has 0 aromatic heterocycles. The van der Waals surface area contributed by atoms with Crippen molar-refractivity contribution in [1.29, 1.82) is 0 Å². The van der Waals surface area contributed by atoms with Crippen LogP contribution in [-0.4, -0.2) is 18.5 Å².